The van der Waals surface area contributed by atoms with Crippen molar-refractivity contribution in [2.75, 3.05) is 14.2 Å². The lowest BCUT2D eigenvalue weighted by atomic mass is 10.0. The predicted molar refractivity (Wildman–Crippen MR) is 84.8 cm³/mol. The molecule has 0 spiro atoms. The average Bonchev–Trinajstić information content (AvgIpc) is 2.43. The van der Waals surface area contributed by atoms with E-state index in [0.29, 0.717) is 5.56 Å². The third-order valence-electron chi connectivity index (χ3n) is 3.30. The van der Waals surface area contributed by atoms with Gasteiger partial charge in [-0.25, -0.2) is 13.1 Å². The highest BCUT2D eigenvalue weighted by atomic mass is 32.2. The number of rotatable bonds is 8. The number of hydrogen-bond acceptors (Lipinski definition) is 6. The molecule has 1 rings (SSSR count). The number of nitro groups is 1. The number of nitro benzene ring substituents is 1. The molecule has 0 aliphatic heterocycles. The summed E-state index contributed by atoms with van der Waals surface area (Å²) in [6.45, 7) is 4.91. The van der Waals surface area contributed by atoms with Gasteiger partial charge in [0.2, 0.25) is 10.0 Å². The fraction of sp³-hybridized carbons (Fsp3) is 0.571. The highest BCUT2D eigenvalue weighted by molar-refractivity contribution is 7.89. The van der Waals surface area contributed by atoms with E-state index in [-0.39, 0.29) is 28.6 Å². The van der Waals surface area contributed by atoms with E-state index in [2.05, 4.69) is 4.72 Å². The van der Waals surface area contributed by atoms with Gasteiger partial charge in [0.1, 0.15) is 0 Å². The van der Waals surface area contributed by atoms with Crippen molar-refractivity contribution >= 4 is 15.7 Å². The summed E-state index contributed by atoms with van der Waals surface area (Å²) in [5, 5.41) is 11.1. The summed E-state index contributed by atoms with van der Waals surface area (Å²) in [4.78, 5) is 10.6. The molecule has 1 aromatic carbocycles. The zero-order valence-electron chi connectivity index (χ0n) is 13.8. The van der Waals surface area contributed by atoms with E-state index in [4.69, 9.17) is 9.47 Å². The van der Waals surface area contributed by atoms with Crippen molar-refractivity contribution in [2.45, 2.75) is 44.4 Å². The van der Waals surface area contributed by atoms with E-state index in [1.54, 1.807) is 13.8 Å². The van der Waals surface area contributed by atoms with Crippen LogP contribution in [0.1, 0.15) is 25.0 Å². The maximum Gasteiger partial charge on any atom is 0.272 e. The van der Waals surface area contributed by atoms with E-state index < -0.39 is 21.2 Å². The fourth-order valence-electron chi connectivity index (χ4n) is 2.23. The van der Waals surface area contributed by atoms with Gasteiger partial charge in [-0.05, 0) is 32.4 Å². The minimum absolute atomic E-state index is 0.00611. The summed E-state index contributed by atoms with van der Waals surface area (Å²) in [5.74, 6) is 0. The third kappa shape index (κ3) is 4.71. The lowest BCUT2D eigenvalue weighted by Crippen LogP contribution is -2.31. The van der Waals surface area contributed by atoms with E-state index in [1.807, 2.05) is 0 Å². The normalized spacial score (nSPS) is 12.1. The summed E-state index contributed by atoms with van der Waals surface area (Å²) >= 11 is 0. The summed E-state index contributed by atoms with van der Waals surface area (Å²) in [6.07, 6.45) is -0.627. The fourth-order valence-corrected chi connectivity index (χ4v) is 3.78. The molecule has 0 aromatic heterocycles. The first kappa shape index (κ1) is 19.5. The maximum absolute atomic E-state index is 12.5. The van der Waals surface area contributed by atoms with Crippen LogP contribution < -0.4 is 4.72 Å². The second-order valence-electron chi connectivity index (χ2n) is 5.32. The smallest absolute Gasteiger partial charge is 0.272 e. The number of hydrogen-bond donors (Lipinski definition) is 1. The van der Waals surface area contributed by atoms with Crippen molar-refractivity contribution in [3.8, 4) is 0 Å². The van der Waals surface area contributed by atoms with Crippen LogP contribution in [0.5, 0.6) is 0 Å². The molecule has 23 heavy (non-hydrogen) atoms. The van der Waals surface area contributed by atoms with Crippen LogP contribution in [0.15, 0.2) is 17.0 Å². The monoisotopic (exact) mass is 346 g/mol. The van der Waals surface area contributed by atoms with Gasteiger partial charge in [-0.1, -0.05) is 0 Å². The first-order valence-corrected chi connectivity index (χ1v) is 8.47. The van der Waals surface area contributed by atoms with Crippen LogP contribution in [-0.2, 0) is 25.9 Å². The molecular formula is C14H22N2O6S. The van der Waals surface area contributed by atoms with Crippen LogP contribution in [0.2, 0.25) is 0 Å². The van der Waals surface area contributed by atoms with E-state index >= 15 is 0 Å². The molecule has 9 heteroatoms. The molecule has 0 amide bonds. The van der Waals surface area contributed by atoms with Crippen molar-refractivity contribution in [2.24, 2.45) is 0 Å². The summed E-state index contributed by atoms with van der Waals surface area (Å²) < 4.78 is 37.7. The average molecular weight is 346 g/mol. The van der Waals surface area contributed by atoms with Gasteiger partial charge < -0.3 is 9.47 Å². The SMILES string of the molecule is COC(Cc1c(S(=O)(=O)NC(C)C)ccc([N+](=O)[O-])c1C)OC. The molecule has 130 valence electrons. The van der Waals surface area contributed by atoms with Gasteiger partial charge in [0.05, 0.1) is 9.82 Å². The number of ether oxygens (including phenoxy) is 2. The van der Waals surface area contributed by atoms with Crippen LogP contribution in [0.4, 0.5) is 5.69 Å². The van der Waals surface area contributed by atoms with E-state index in [1.165, 1.54) is 33.3 Å². The molecule has 0 aliphatic carbocycles. The van der Waals surface area contributed by atoms with E-state index in [0.717, 1.165) is 0 Å². The van der Waals surface area contributed by atoms with Crippen LogP contribution in [0.25, 0.3) is 0 Å². The van der Waals surface area contributed by atoms with Crippen molar-refractivity contribution in [1.82, 2.24) is 4.72 Å². The van der Waals surface area contributed by atoms with Crippen molar-refractivity contribution in [3.63, 3.8) is 0 Å². The Labute approximate surface area is 136 Å². The molecule has 0 aliphatic rings. The van der Waals surface area contributed by atoms with Gasteiger partial charge in [0, 0.05) is 38.3 Å². The van der Waals surface area contributed by atoms with Crippen LogP contribution in [0.3, 0.4) is 0 Å². The molecule has 0 atom stereocenters. The lowest BCUT2D eigenvalue weighted by molar-refractivity contribution is -0.385. The standard InChI is InChI=1S/C14H22N2O6S/c1-9(2)15-23(19,20)13-7-6-12(16(17)18)10(3)11(13)8-14(21-4)22-5/h6-7,9,14-15H,8H2,1-5H3. The molecule has 0 unspecified atom stereocenters. The zero-order chi connectivity index (χ0) is 17.8. The molecule has 0 saturated heterocycles. The Hall–Kier alpha value is -1.55. The number of nitrogens with one attached hydrogen (secondary N) is 1. The topological polar surface area (TPSA) is 108 Å². The predicted octanol–water partition coefficient (Wildman–Crippen LogP) is 1.75. The van der Waals surface area contributed by atoms with Crippen molar-refractivity contribution < 1.29 is 22.8 Å². The zero-order valence-corrected chi connectivity index (χ0v) is 14.6. The van der Waals surface area contributed by atoms with Gasteiger partial charge in [-0.3, -0.25) is 10.1 Å². The Bertz CT molecular complexity index is 668. The highest BCUT2D eigenvalue weighted by Gasteiger charge is 2.27. The lowest BCUT2D eigenvalue weighted by Gasteiger charge is -2.19. The number of methoxy groups -OCH3 is 2. The Morgan fingerprint density at radius 1 is 1.26 bits per heavy atom. The molecule has 0 fully saturated rings. The van der Waals surface area contributed by atoms with Gasteiger partial charge in [-0.15, -0.1) is 0 Å². The first-order valence-electron chi connectivity index (χ1n) is 6.98. The minimum atomic E-state index is -3.80. The molecule has 0 saturated carbocycles. The van der Waals surface area contributed by atoms with Crippen molar-refractivity contribution in [1.29, 1.82) is 0 Å². The molecule has 8 nitrogen and oxygen atoms in total. The summed E-state index contributed by atoms with van der Waals surface area (Å²) in [7, 11) is -0.965. The molecule has 0 heterocycles. The van der Waals surface area contributed by atoms with Gasteiger partial charge in [0.25, 0.3) is 5.69 Å². The van der Waals surface area contributed by atoms with Crippen LogP contribution in [-0.4, -0.2) is 39.9 Å². The van der Waals surface area contributed by atoms with Crippen LogP contribution >= 0.6 is 0 Å². The highest BCUT2D eigenvalue weighted by Crippen LogP contribution is 2.29. The van der Waals surface area contributed by atoms with Crippen LogP contribution in [0, 0.1) is 17.0 Å². The number of nitrogens with zero attached hydrogens (tertiary/aromatic N) is 1. The van der Waals surface area contributed by atoms with Crippen molar-refractivity contribution in [3.05, 3.63) is 33.4 Å². The minimum Gasteiger partial charge on any atom is -0.356 e. The molecule has 1 N–H and O–H groups in total. The maximum atomic E-state index is 12.5. The second-order valence-corrected chi connectivity index (χ2v) is 7.01. The number of benzene rings is 1. The van der Waals surface area contributed by atoms with Gasteiger partial charge in [-0.2, -0.15) is 0 Å². The largest absolute Gasteiger partial charge is 0.356 e. The van der Waals surface area contributed by atoms with Gasteiger partial charge >= 0.3 is 0 Å². The van der Waals surface area contributed by atoms with E-state index in [9.17, 15) is 18.5 Å². The Kier molecular flexibility index (Phi) is 6.63. The molecule has 1 aromatic rings. The Morgan fingerprint density at radius 3 is 2.26 bits per heavy atom. The molecule has 0 radical (unpaired) electrons. The number of sulfonamides is 1. The second kappa shape index (κ2) is 7.82. The summed E-state index contributed by atoms with van der Waals surface area (Å²) in [5.41, 5.74) is 0.441. The first-order chi connectivity index (χ1) is 10.6. The third-order valence-corrected chi connectivity index (χ3v) is 5.04. The Balaban J connectivity index is 3.51. The molecular weight excluding hydrogens is 324 g/mol. The summed E-state index contributed by atoms with van der Waals surface area (Å²) in [6, 6.07) is 2.14. The Morgan fingerprint density at radius 2 is 1.83 bits per heavy atom. The molecule has 0 bridgehead atoms. The van der Waals surface area contributed by atoms with Gasteiger partial charge in [0.15, 0.2) is 6.29 Å². The quantitative estimate of drug-likeness (QED) is 0.436.